The molecule has 1 N–H and O–H groups in total. The van der Waals surface area contributed by atoms with Crippen LogP contribution >= 0.6 is 0 Å². The van der Waals surface area contributed by atoms with Crippen molar-refractivity contribution in [2.75, 3.05) is 0 Å². The SMILES string of the molecule is Cc1cc(C)cc(-n2nc(C(=O)NC(C)C)c(=O)n(Cc3ccccc3C)c2=O)c1. The predicted octanol–water partition coefficient (Wildman–Crippen LogP) is 2.51. The molecule has 7 heteroatoms. The zero-order chi connectivity index (χ0) is 22.0. The van der Waals surface area contributed by atoms with E-state index in [4.69, 9.17) is 0 Å². The van der Waals surface area contributed by atoms with Gasteiger partial charge >= 0.3 is 5.69 Å². The lowest BCUT2D eigenvalue weighted by Gasteiger charge is -2.14. The number of nitrogens with one attached hydrogen (secondary N) is 1. The molecule has 0 spiro atoms. The second-order valence-corrected chi connectivity index (χ2v) is 7.83. The minimum Gasteiger partial charge on any atom is -0.348 e. The summed E-state index contributed by atoms with van der Waals surface area (Å²) in [6, 6.07) is 12.9. The standard InChI is InChI=1S/C23H26N4O3/c1-14(2)24-21(28)20-22(29)26(13-18-9-7-6-8-17(18)5)23(30)27(25-20)19-11-15(3)10-16(4)12-19/h6-12,14H,13H2,1-5H3,(H,24,28). The molecule has 0 aliphatic heterocycles. The molecule has 1 heterocycles. The van der Waals surface area contributed by atoms with Crippen LogP contribution in [-0.2, 0) is 6.54 Å². The van der Waals surface area contributed by atoms with Crippen LogP contribution in [0.15, 0.2) is 52.1 Å². The Bertz CT molecular complexity index is 1200. The molecule has 0 aliphatic carbocycles. The zero-order valence-electron chi connectivity index (χ0n) is 17.9. The van der Waals surface area contributed by atoms with Gasteiger partial charge in [-0.15, -0.1) is 0 Å². The molecule has 0 unspecified atom stereocenters. The minimum absolute atomic E-state index is 0.0552. The molecule has 7 nitrogen and oxygen atoms in total. The summed E-state index contributed by atoms with van der Waals surface area (Å²) in [5.74, 6) is -0.605. The normalized spacial score (nSPS) is 11.0. The van der Waals surface area contributed by atoms with E-state index in [0.29, 0.717) is 5.69 Å². The van der Waals surface area contributed by atoms with Crippen LogP contribution in [0.1, 0.15) is 46.6 Å². The molecular weight excluding hydrogens is 380 g/mol. The van der Waals surface area contributed by atoms with E-state index in [9.17, 15) is 14.4 Å². The van der Waals surface area contributed by atoms with Crippen molar-refractivity contribution in [3.05, 3.63) is 91.3 Å². The maximum absolute atomic E-state index is 13.3. The smallest absolute Gasteiger partial charge is 0.348 e. The van der Waals surface area contributed by atoms with Gasteiger partial charge in [0.15, 0.2) is 0 Å². The van der Waals surface area contributed by atoms with Crippen molar-refractivity contribution in [1.29, 1.82) is 0 Å². The van der Waals surface area contributed by atoms with Crippen LogP contribution in [0.3, 0.4) is 0 Å². The fourth-order valence-electron chi connectivity index (χ4n) is 3.33. The van der Waals surface area contributed by atoms with Crippen LogP contribution in [0.4, 0.5) is 0 Å². The highest BCUT2D eigenvalue weighted by atomic mass is 16.2. The predicted molar refractivity (Wildman–Crippen MR) is 116 cm³/mol. The topological polar surface area (TPSA) is 86.0 Å². The second-order valence-electron chi connectivity index (χ2n) is 7.83. The molecule has 0 radical (unpaired) electrons. The molecule has 0 bridgehead atoms. The summed E-state index contributed by atoms with van der Waals surface area (Å²) in [6.07, 6.45) is 0. The van der Waals surface area contributed by atoms with E-state index in [1.165, 1.54) is 0 Å². The molecule has 0 atom stereocenters. The molecule has 3 aromatic rings. The van der Waals surface area contributed by atoms with Gasteiger partial charge in [-0.05, 0) is 69.0 Å². The van der Waals surface area contributed by atoms with Crippen LogP contribution in [-0.4, -0.2) is 26.3 Å². The Morgan fingerprint density at radius 3 is 2.27 bits per heavy atom. The lowest BCUT2D eigenvalue weighted by molar-refractivity contribution is 0.0933. The quantitative estimate of drug-likeness (QED) is 0.705. The van der Waals surface area contributed by atoms with Gasteiger partial charge in [0.05, 0.1) is 12.2 Å². The molecule has 0 saturated heterocycles. The van der Waals surface area contributed by atoms with Crippen molar-refractivity contribution >= 4 is 5.91 Å². The van der Waals surface area contributed by atoms with E-state index in [0.717, 1.165) is 31.5 Å². The Kier molecular flexibility index (Phi) is 6.01. The Morgan fingerprint density at radius 1 is 1.03 bits per heavy atom. The molecule has 1 aromatic heterocycles. The van der Waals surface area contributed by atoms with Crippen molar-refractivity contribution < 1.29 is 4.79 Å². The van der Waals surface area contributed by atoms with E-state index in [1.807, 2.05) is 51.1 Å². The number of hydrogen-bond donors (Lipinski definition) is 1. The Labute approximate surface area is 175 Å². The second kappa shape index (κ2) is 8.49. The molecule has 0 fully saturated rings. The average molecular weight is 406 g/mol. The summed E-state index contributed by atoms with van der Waals surface area (Å²) < 4.78 is 2.21. The summed E-state index contributed by atoms with van der Waals surface area (Å²) in [7, 11) is 0. The van der Waals surface area contributed by atoms with E-state index >= 15 is 0 Å². The number of carbonyl (C=O) groups is 1. The highest BCUT2D eigenvalue weighted by Crippen LogP contribution is 2.12. The largest absolute Gasteiger partial charge is 0.352 e. The first-order valence-corrected chi connectivity index (χ1v) is 9.85. The van der Waals surface area contributed by atoms with Crippen molar-refractivity contribution in [1.82, 2.24) is 19.7 Å². The van der Waals surface area contributed by atoms with Gasteiger partial charge in [0.2, 0.25) is 5.69 Å². The van der Waals surface area contributed by atoms with Gasteiger partial charge in [0.25, 0.3) is 11.5 Å². The third-order valence-corrected chi connectivity index (χ3v) is 4.74. The molecule has 1 amide bonds. The zero-order valence-corrected chi connectivity index (χ0v) is 17.9. The number of nitrogens with zero attached hydrogens (tertiary/aromatic N) is 3. The molecular formula is C23H26N4O3. The number of hydrogen-bond acceptors (Lipinski definition) is 4. The molecule has 0 saturated carbocycles. The van der Waals surface area contributed by atoms with Crippen molar-refractivity contribution in [3.63, 3.8) is 0 Å². The van der Waals surface area contributed by atoms with Crippen LogP contribution in [0.5, 0.6) is 0 Å². The first-order chi connectivity index (χ1) is 14.2. The van der Waals surface area contributed by atoms with E-state index in [-0.39, 0.29) is 18.3 Å². The minimum atomic E-state index is -0.706. The van der Waals surface area contributed by atoms with E-state index in [1.54, 1.807) is 26.0 Å². The van der Waals surface area contributed by atoms with Gasteiger partial charge in [-0.1, -0.05) is 30.3 Å². The maximum Gasteiger partial charge on any atom is 0.352 e. The van der Waals surface area contributed by atoms with Gasteiger partial charge in [0.1, 0.15) is 0 Å². The van der Waals surface area contributed by atoms with Crippen LogP contribution in [0.2, 0.25) is 0 Å². The highest BCUT2D eigenvalue weighted by molar-refractivity contribution is 5.91. The van der Waals surface area contributed by atoms with Crippen molar-refractivity contribution in [2.24, 2.45) is 0 Å². The fourth-order valence-corrected chi connectivity index (χ4v) is 3.33. The third kappa shape index (κ3) is 4.40. The number of amides is 1. The number of benzene rings is 2. The summed E-state index contributed by atoms with van der Waals surface area (Å²) in [5.41, 5.74) is 2.57. The van der Waals surface area contributed by atoms with E-state index in [2.05, 4.69) is 10.4 Å². The lowest BCUT2D eigenvalue weighted by Crippen LogP contribution is -2.46. The summed E-state index contributed by atoms with van der Waals surface area (Å²) in [5, 5.41) is 6.85. The Morgan fingerprint density at radius 2 is 1.67 bits per heavy atom. The molecule has 156 valence electrons. The third-order valence-electron chi connectivity index (χ3n) is 4.74. The molecule has 30 heavy (non-hydrogen) atoms. The van der Waals surface area contributed by atoms with Gasteiger partial charge in [-0.3, -0.25) is 14.2 Å². The van der Waals surface area contributed by atoms with Gasteiger partial charge < -0.3 is 5.32 Å². The summed E-state index contributed by atoms with van der Waals surface area (Å²) in [6.45, 7) is 9.39. The molecule has 0 aliphatic rings. The lowest BCUT2D eigenvalue weighted by atomic mass is 10.1. The van der Waals surface area contributed by atoms with Crippen molar-refractivity contribution in [2.45, 2.75) is 47.2 Å². The number of rotatable bonds is 5. The number of aromatic nitrogens is 3. The summed E-state index contributed by atoms with van der Waals surface area (Å²) >= 11 is 0. The van der Waals surface area contributed by atoms with Crippen LogP contribution < -0.4 is 16.6 Å². The monoisotopic (exact) mass is 406 g/mol. The molecule has 3 rings (SSSR count). The van der Waals surface area contributed by atoms with Gasteiger partial charge in [0, 0.05) is 6.04 Å². The van der Waals surface area contributed by atoms with Crippen LogP contribution in [0, 0.1) is 20.8 Å². The molecule has 2 aromatic carbocycles. The highest BCUT2D eigenvalue weighted by Gasteiger charge is 2.21. The van der Waals surface area contributed by atoms with Crippen LogP contribution in [0.25, 0.3) is 5.69 Å². The van der Waals surface area contributed by atoms with Gasteiger partial charge in [-0.25, -0.2) is 4.79 Å². The van der Waals surface area contributed by atoms with Gasteiger partial charge in [-0.2, -0.15) is 9.78 Å². The van der Waals surface area contributed by atoms with E-state index < -0.39 is 17.2 Å². The first kappa shape index (κ1) is 21.2. The Hall–Kier alpha value is -3.48. The maximum atomic E-state index is 13.3. The first-order valence-electron chi connectivity index (χ1n) is 9.85. The number of aryl methyl sites for hydroxylation is 3. The number of carbonyl (C=O) groups excluding carboxylic acids is 1. The average Bonchev–Trinajstić information content (AvgIpc) is 2.65. The Balaban J connectivity index is 2.27. The fraction of sp³-hybridized carbons (Fsp3) is 0.304. The summed E-state index contributed by atoms with van der Waals surface area (Å²) in [4.78, 5) is 39.0. The van der Waals surface area contributed by atoms with Crippen molar-refractivity contribution in [3.8, 4) is 5.69 Å².